The Morgan fingerprint density at radius 3 is 2.82 bits per heavy atom. The molecule has 5 nitrogen and oxygen atoms in total. The van der Waals surface area contributed by atoms with E-state index in [1.807, 2.05) is 0 Å². The fraction of sp³-hybridized carbons (Fsp3) is 0.643. The molecule has 1 saturated heterocycles. The minimum absolute atomic E-state index is 0.00983. The number of amides is 1. The molecule has 0 spiro atoms. The van der Waals surface area contributed by atoms with Gasteiger partial charge in [0.1, 0.15) is 17.2 Å². The molecule has 3 rings (SSSR count). The highest BCUT2D eigenvalue weighted by molar-refractivity contribution is 5.98. The molecule has 0 radical (unpaired) electrons. The second-order valence-corrected chi connectivity index (χ2v) is 6.14. The minimum atomic E-state index is -4.29. The highest BCUT2D eigenvalue weighted by Crippen LogP contribution is 2.57. The van der Waals surface area contributed by atoms with Crippen LogP contribution >= 0.6 is 0 Å². The second-order valence-electron chi connectivity index (χ2n) is 6.14. The summed E-state index contributed by atoms with van der Waals surface area (Å²) < 4.78 is 40.5. The first-order valence-corrected chi connectivity index (χ1v) is 7.20. The van der Waals surface area contributed by atoms with Crippen molar-refractivity contribution in [3.63, 3.8) is 0 Å². The van der Waals surface area contributed by atoms with E-state index in [9.17, 15) is 18.0 Å². The van der Waals surface area contributed by atoms with Crippen LogP contribution in [0.15, 0.2) is 6.20 Å². The van der Waals surface area contributed by atoms with Gasteiger partial charge in [-0.2, -0.15) is 13.2 Å². The topological polar surface area (TPSA) is 72.1 Å². The third kappa shape index (κ3) is 2.12. The second kappa shape index (κ2) is 4.82. The summed E-state index contributed by atoms with van der Waals surface area (Å²) in [5, 5.41) is 0. The summed E-state index contributed by atoms with van der Waals surface area (Å²) in [6.45, 7) is 1.45. The number of nitrogens with two attached hydrogens (primary N) is 1. The lowest BCUT2D eigenvalue weighted by Gasteiger charge is -2.31. The maximum absolute atomic E-state index is 13.5. The van der Waals surface area contributed by atoms with Gasteiger partial charge in [0.25, 0.3) is 5.91 Å². The summed E-state index contributed by atoms with van der Waals surface area (Å²) in [6.07, 6.45) is -1.86. The summed E-state index contributed by atoms with van der Waals surface area (Å²) >= 11 is 0. The van der Waals surface area contributed by atoms with Crippen molar-refractivity contribution in [3.05, 3.63) is 17.6 Å². The van der Waals surface area contributed by atoms with E-state index in [0.29, 0.717) is 18.7 Å². The summed E-state index contributed by atoms with van der Waals surface area (Å²) in [5.74, 6) is -0.616. The van der Waals surface area contributed by atoms with E-state index in [1.165, 1.54) is 11.1 Å². The molecule has 1 aromatic heterocycles. The van der Waals surface area contributed by atoms with E-state index in [2.05, 4.69) is 9.97 Å². The van der Waals surface area contributed by atoms with Gasteiger partial charge in [0.2, 0.25) is 0 Å². The number of aromatic nitrogens is 2. The third-order valence-electron chi connectivity index (χ3n) is 4.89. The Morgan fingerprint density at radius 2 is 2.23 bits per heavy atom. The van der Waals surface area contributed by atoms with E-state index in [4.69, 9.17) is 5.73 Å². The standard InChI is InChI=1S/C14H17F3N4O/c1-8-19-5-10(11(18)20-8)12(22)21-6-9-3-2-4-13(9,7-21)14(15,16)17/h5,9H,2-4,6-7H2,1H3,(H2,18,19,20)/t9-,13-/m0/s1. The molecule has 1 aliphatic heterocycles. The van der Waals surface area contributed by atoms with Crippen LogP contribution in [0.5, 0.6) is 0 Å². The summed E-state index contributed by atoms with van der Waals surface area (Å²) in [4.78, 5) is 21.5. The summed E-state index contributed by atoms with van der Waals surface area (Å²) in [6, 6.07) is 0. The SMILES string of the molecule is Cc1ncc(C(=O)N2C[C@@H]3CCC[C@]3(C(F)(F)F)C2)c(N)n1. The molecule has 0 bridgehead atoms. The molecular weight excluding hydrogens is 297 g/mol. The van der Waals surface area contributed by atoms with Gasteiger partial charge in [-0.05, 0) is 25.7 Å². The number of hydrogen-bond acceptors (Lipinski definition) is 4. The van der Waals surface area contributed by atoms with Crippen LogP contribution in [0.1, 0.15) is 35.4 Å². The Kier molecular flexibility index (Phi) is 3.30. The summed E-state index contributed by atoms with van der Waals surface area (Å²) in [5.41, 5.74) is 4.01. The number of carbonyl (C=O) groups is 1. The number of alkyl halides is 3. The maximum atomic E-state index is 13.5. The molecule has 1 amide bonds. The molecule has 2 heterocycles. The smallest absolute Gasteiger partial charge is 0.383 e. The van der Waals surface area contributed by atoms with Gasteiger partial charge in [-0.15, -0.1) is 0 Å². The van der Waals surface area contributed by atoms with Crippen LogP contribution in [0.2, 0.25) is 0 Å². The first-order valence-electron chi connectivity index (χ1n) is 7.20. The number of likely N-dealkylation sites (tertiary alicyclic amines) is 1. The van der Waals surface area contributed by atoms with Gasteiger partial charge < -0.3 is 10.6 Å². The van der Waals surface area contributed by atoms with Crippen molar-refractivity contribution >= 4 is 11.7 Å². The van der Waals surface area contributed by atoms with Crippen LogP contribution in [0.3, 0.4) is 0 Å². The Balaban J connectivity index is 1.87. The van der Waals surface area contributed by atoms with Gasteiger partial charge in [0.05, 0.1) is 5.41 Å². The monoisotopic (exact) mass is 314 g/mol. The number of nitrogens with zero attached hydrogens (tertiary/aromatic N) is 3. The largest absolute Gasteiger partial charge is 0.396 e. The van der Waals surface area contributed by atoms with E-state index < -0.39 is 23.4 Å². The predicted octanol–water partition coefficient (Wildman–Crippen LogP) is 2.17. The Morgan fingerprint density at radius 1 is 1.50 bits per heavy atom. The quantitative estimate of drug-likeness (QED) is 0.862. The third-order valence-corrected chi connectivity index (χ3v) is 4.89. The van der Waals surface area contributed by atoms with Gasteiger partial charge in [0, 0.05) is 19.3 Å². The number of nitrogen functional groups attached to an aromatic ring is 1. The molecule has 1 aromatic rings. The van der Waals surface area contributed by atoms with Gasteiger partial charge in [-0.3, -0.25) is 4.79 Å². The van der Waals surface area contributed by atoms with E-state index >= 15 is 0 Å². The average molecular weight is 314 g/mol. The van der Waals surface area contributed by atoms with E-state index in [1.54, 1.807) is 6.92 Å². The summed E-state index contributed by atoms with van der Waals surface area (Å²) in [7, 11) is 0. The lowest BCUT2D eigenvalue weighted by Crippen LogP contribution is -2.42. The molecule has 1 saturated carbocycles. The number of aryl methyl sites for hydroxylation is 1. The highest BCUT2D eigenvalue weighted by atomic mass is 19.4. The molecule has 2 N–H and O–H groups in total. The first kappa shape index (κ1) is 15.1. The van der Waals surface area contributed by atoms with Gasteiger partial charge in [-0.1, -0.05) is 6.42 Å². The fourth-order valence-corrected chi connectivity index (χ4v) is 3.73. The number of hydrogen-bond donors (Lipinski definition) is 1. The molecule has 0 aromatic carbocycles. The Hall–Kier alpha value is -1.86. The maximum Gasteiger partial charge on any atom is 0.396 e. The molecule has 2 fully saturated rings. The number of halogens is 3. The molecular formula is C14H17F3N4O. The van der Waals surface area contributed by atoms with Crippen molar-refractivity contribution in [2.45, 2.75) is 32.4 Å². The van der Waals surface area contributed by atoms with Crippen molar-refractivity contribution in [1.29, 1.82) is 0 Å². The van der Waals surface area contributed by atoms with Crippen LogP contribution in [-0.4, -0.2) is 40.0 Å². The van der Waals surface area contributed by atoms with Crippen LogP contribution in [0, 0.1) is 18.3 Å². The zero-order valence-electron chi connectivity index (χ0n) is 12.2. The predicted molar refractivity (Wildman–Crippen MR) is 72.9 cm³/mol. The van der Waals surface area contributed by atoms with Crippen molar-refractivity contribution < 1.29 is 18.0 Å². The number of fused-ring (bicyclic) bond motifs is 1. The normalized spacial score (nSPS) is 28.0. The lowest BCUT2D eigenvalue weighted by atomic mass is 9.80. The van der Waals surface area contributed by atoms with Crippen molar-refractivity contribution in [2.24, 2.45) is 11.3 Å². The molecule has 22 heavy (non-hydrogen) atoms. The molecule has 120 valence electrons. The average Bonchev–Trinajstić information content (AvgIpc) is 2.94. The van der Waals surface area contributed by atoms with Crippen molar-refractivity contribution in [3.8, 4) is 0 Å². The van der Waals surface area contributed by atoms with Gasteiger partial charge in [-0.25, -0.2) is 9.97 Å². The Labute approximate surface area is 125 Å². The zero-order valence-corrected chi connectivity index (χ0v) is 12.2. The molecule has 2 atom stereocenters. The number of anilines is 1. The highest BCUT2D eigenvalue weighted by Gasteiger charge is 2.65. The zero-order chi connectivity index (χ0) is 16.1. The molecule has 2 aliphatic rings. The van der Waals surface area contributed by atoms with Crippen LogP contribution < -0.4 is 5.73 Å². The minimum Gasteiger partial charge on any atom is -0.383 e. The lowest BCUT2D eigenvalue weighted by molar-refractivity contribution is -0.226. The molecule has 1 aliphatic carbocycles. The van der Waals surface area contributed by atoms with Crippen molar-refractivity contribution in [2.75, 3.05) is 18.8 Å². The van der Waals surface area contributed by atoms with Crippen molar-refractivity contribution in [1.82, 2.24) is 14.9 Å². The first-order chi connectivity index (χ1) is 10.2. The van der Waals surface area contributed by atoms with E-state index in [0.717, 1.165) is 0 Å². The van der Waals surface area contributed by atoms with Crippen LogP contribution in [-0.2, 0) is 0 Å². The van der Waals surface area contributed by atoms with Crippen LogP contribution in [0.4, 0.5) is 19.0 Å². The fourth-order valence-electron chi connectivity index (χ4n) is 3.73. The number of carbonyl (C=O) groups excluding carboxylic acids is 1. The molecule has 8 heteroatoms. The van der Waals surface area contributed by atoms with Gasteiger partial charge in [0.15, 0.2) is 0 Å². The molecule has 0 unspecified atom stereocenters. The Bertz CT molecular complexity index is 619. The van der Waals surface area contributed by atoms with Crippen LogP contribution in [0.25, 0.3) is 0 Å². The number of rotatable bonds is 1. The van der Waals surface area contributed by atoms with Gasteiger partial charge >= 0.3 is 6.18 Å². The van der Waals surface area contributed by atoms with E-state index in [-0.39, 0.29) is 30.9 Å².